The van der Waals surface area contributed by atoms with Crippen molar-refractivity contribution in [3.63, 3.8) is 0 Å². The molecule has 0 aliphatic rings. The van der Waals surface area contributed by atoms with Gasteiger partial charge in [0.25, 0.3) is 5.89 Å². The van der Waals surface area contributed by atoms with Crippen molar-refractivity contribution in [1.82, 2.24) is 19.9 Å². The van der Waals surface area contributed by atoms with Gasteiger partial charge in [0, 0.05) is 23.3 Å². The summed E-state index contributed by atoms with van der Waals surface area (Å²) in [5.74, 6) is 1.01. The Morgan fingerprint density at radius 3 is 2.55 bits per heavy atom. The first-order valence-corrected chi connectivity index (χ1v) is 9.83. The number of rotatable bonds is 6. The molecule has 0 aliphatic heterocycles. The highest BCUT2D eigenvalue weighted by molar-refractivity contribution is 6.30. The molecule has 158 valence electrons. The third-order valence-corrected chi connectivity index (χ3v) is 4.85. The van der Waals surface area contributed by atoms with Crippen LogP contribution in [-0.4, -0.2) is 32.9 Å². The third-order valence-electron chi connectivity index (χ3n) is 4.60. The molecule has 9 nitrogen and oxygen atoms in total. The van der Waals surface area contributed by atoms with E-state index in [0.29, 0.717) is 27.9 Å². The van der Waals surface area contributed by atoms with Crippen molar-refractivity contribution < 1.29 is 9.32 Å². The molecule has 4 rings (SSSR count). The van der Waals surface area contributed by atoms with Crippen molar-refractivity contribution in [2.24, 2.45) is 0 Å². The Morgan fingerprint density at radius 1 is 1.16 bits per heavy atom. The maximum atomic E-state index is 12.4. The Balaban J connectivity index is 1.58. The highest BCUT2D eigenvalue weighted by atomic mass is 35.5. The third kappa shape index (κ3) is 4.36. The van der Waals surface area contributed by atoms with Crippen LogP contribution in [0.1, 0.15) is 5.56 Å². The number of carbonyl (C=O) groups excluding carboxylic acids is 1. The van der Waals surface area contributed by atoms with Crippen molar-refractivity contribution >= 4 is 34.8 Å². The van der Waals surface area contributed by atoms with Crippen LogP contribution in [-0.2, 0) is 11.3 Å². The van der Waals surface area contributed by atoms with Crippen LogP contribution in [0.3, 0.4) is 0 Å². The van der Waals surface area contributed by atoms with Crippen molar-refractivity contribution in [2.75, 3.05) is 23.4 Å². The largest absolute Gasteiger partial charge is 0.383 e. The van der Waals surface area contributed by atoms with Gasteiger partial charge < -0.3 is 20.9 Å². The Bertz CT molecular complexity index is 1210. The fourth-order valence-corrected chi connectivity index (χ4v) is 3.12. The molecule has 0 radical (unpaired) electrons. The van der Waals surface area contributed by atoms with E-state index in [-0.39, 0.29) is 24.2 Å². The van der Waals surface area contributed by atoms with Crippen molar-refractivity contribution in [2.45, 2.75) is 13.5 Å². The summed E-state index contributed by atoms with van der Waals surface area (Å²) >= 11 is 5.87. The summed E-state index contributed by atoms with van der Waals surface area (Å²) in [5.41, 5.74) is 9.28. The first-order chi connectivity index (χ1) is 14.9. The molecule has 2 aromatic heterocycles. The lowest BCUT2D eigenvalue weighted by atomic mass is 10.1. The number of nitrogens with one attached hydrogen (secondary N) is 2. The van der Waals surface area contributed by atoms with Gasteiger partial charge in [0.15, 0.2) is 5.82 Å². The topological polar surface area (TPSA) is 124 Å². The predicted octanol–water partition coefficient (Wildman–Crippen LogP) is 3.82. The predicted molar refractivity (Wildman–Crippen MR) is 120 cm³/mol. The standard InChI is InChI=1S/C21H20ClN7O2/c1-12-3-5-13(6-4-12)19-26-21(31-28-19)17-18(23)29(27-20(17)24-2)11-16(30)25-15-9-7-14(22)8-10-15/h3-10H,11,23H2,1-2H3,(H,24,27)(H,25,30). The number of halogens is 1. The van der Waals surface area contributed by atoms with E-state index in [0.717, 1.165) is 11.1 Å². The van der Waals surface area contributed by atoms with E-state index in [9.17, 15) is 4.79 Å². The average molecular weight is 438 g/mol. The maximum Gasteiger partial charge on any atom is 0.265 e. The number of nitrogens with two attached hydrogens (primary N) is 1. The molecule has 31 heavy (non-hydrogen) atoms. The summed E-state index contributed by atoms with van der Waals surface area (Å²) in [5, 5.41) is 14.7. The van der Waals surface area contributed by atoms with E-state index in [2.05, 4.69) is 25.9 Å². The van der Waals surface area contributed by atoms with Gasteiger partial charge in [0.05, 0.1) is 0 Å². The molecular weight excluding hydrogens is 418 g/mol. The van der Waals surface area contributed by atoms with Crippen LogP contribution in [0.15, 0.2) is 53.1 Å². The molecule has 0 aliphatic carbocycles. The summed E-state index contributed by atoms with van der Waals surface area (Å²) in [4.78, 5) is 16.9. The molecule has 0 saturated carbocycles. The zero-order valence-electron chi connectivity index (χ0n) is 16.9. The van der Waals surface area contributed by atoms with Gasteiger partial charge in [-0.05, 0) is 31.2 Å². The minimum atomic E-state index is -0.295. The van der Waals surface area contributed by atoms with Gasteiger partial charge in [-0.1, -0.05) is 46.6 Å². The highest BCUT2D eigenvalue weighted by Gasteiger charge is 2.23. The van der Waals surface area contributed by atoms with E-state index in [4.69, 9.17) is 21.9 Å². The molecule has 2 heterocycles. The summed E-state index contributed by atoms with van der Waals surface area (Å²) in [7, 11) is 1.70. The summed E-state index contributed by atoms with van der Waals surface area (Å²) < 4.78 is 6.81. The molecule has 0 atom stereocenters. The molecule has 0 unspecified atom stereocenters. The quantitative estimate of drug-likeness (QED) is 0.418. The fourth-order valence-electron chi connectivity index (χ4n) is 3.00. The van der Waals surface area contributed by atoms with E-state index >= 15 is 0 Å². The van der Waals surface area contributed by atoms with Gasteiger partial charge >= 0.3 is 0 Å². The number of amides is 1. The Hall–Kier alpha value is -3.85. The molecular formula is C21H20ClN7O2. The Morgan fingerprint density at radius 2 is 1.87 bits per heavy atom. The molecule has 2 aromatic carbocycles. The SMILES string of the molecule is CNc1nn(CC(=O)Nc2ccc(Cl)cc2)c(N)c1-c1nc(-c2ccc(C)cc2)no1. The lowest BCUT2D eigenvalue weighted by molar-refractivity contribution is -0.116. The van der Waals surface area contributed by atoms with Crippen LogP contribution in [0.4, 0.5) is 17.3 Å². The maximum absolute atomic E-state index is 12.4. The second kappa shape index (κ2) is 8.49. The van der Waals surface area contributed by atoms with Crippen molar-refractivity contribution in [3.8, 4) is 22.8 Å². The van der Waals surface area contributed by atoms with E-state index in [1.807, 2.05) is 31.2 Å². The van der Waals surface area contributed by atoms with Gasteiger partial charge in [0.2, 0.25) is 11.7 Å². The van der Waals surface area contributed by atoms with Crippen molar-refractivity contribution in [3.05, 3.63) is 59.1 Å². The van der Waals surface area contributed by atoms with Crippen LogP contribution in [0, 0.1) is 6.92 Å². The summed E-state index contributed by atoms with van der Waals surface area (Å²) in [6.45, 7) is 1.91. The van der Waals surface area contributed by atoms with Gasteiger partial charge in [-0.2, -0.15) is 10.1 Å². The molecule has 0 fully saturated rings. The van der Waals surface area contributed by atoms with Crippen LogP contribution < -0.4 is 16.4 Å². The van der Waals surface area contributed by atoms with Gasteiger partial charge in [-0.3, -0.25) is 4.79 Å². The normalized spacial score (nSPS) is 10.8. The van der Waals surface area contributed by atoms with E-state index < -0.39 is 0 Å². The van der Waals surface area contributed by atoms with Crippen LogP contribution in [0.25, 0.3) is 22.8 Å². The smallest absolute Gasteiger partial charge is 0.265 e. The Kier molecular flexibility index (Phi) is 5.59. The number of nitrogens with zero attached hydrogens (tertiary/aromatic N) is 4. The molecule has 1 amide bonds. The highest BCUT2D eigenvalue weighted by Crippen LogP contribution is 2.33. The minimum Gasteiger partial charge on any atom is -0.383 e. The first-order valence-electron chi connectivity index (χ1n) is 9.45. The number of aromatic nitrogens is 4. The Labute approximate surface area is 183 Å². The summed E-state index contributed by atoms with van der Waals surface area (Å²) in [6, 6.07) is 14.6. The number of anilines is 3. The molecule has 0 spiro atoms. The van der Waals surface area contributed by atoms with E-state index in [1.54, 1.807) is 31.3 Å². The van der Waals surface area contributed by atoms with Crippen LogP contribution >= 0.6 is 11.6 Å². The zero-order chi connectivity index (χ0) is 22.0. The number of hydrogen-bond donors (Lipinski definition) is 3. The summed E-state index contributed by atoms with van der Waals surface area (Å²) in [6.07, 6.45) is 0. The second-order valence-electron chi connectivity index (χ2n) is 6.86. The number of benzene rings is 2. The zero-order valence-corrected chi connectivity index (χ0v) is 17.6. The van der Waals surface area contributed by atoms with Gasteiger partial charge in [-0.25, -0.2) is 4.68 Å². The minimum absolute atomic E-state index is 0.0951. The second-order valence-corrected chi connectivity index (χ2v) is 7.30. The van der Waals surface area contributed by atoms with Gasteiger partial charge in [0.1, 0.15) is 17.9 Å². The fraction of sp³-hybridized carbons (Fsp3) is 0.143. The first kappa shape index (κ1) is 20.4. The van der Waals surface area contributed by atoms with Crippen LogP contribution in [0.5, 0.6) is 0 Å². The monoisotopic (exact) mass is 437 g/mol. The van der Waals surface area contributed by atoms with Crippen molar-refractivity contribution in [1.29, 1.82) is 0 Å². The number of carbonyl (C=O) groups is 1. The number of hydrogen-bond acceptors (Lipinski definition) is 7. The van der Waals surface area contributed by atoms with E-state index in [1.165, 1.54) is 4.68 Å². The molecule has 4 N–H and O–H groups in total. The molecule has 0 bridgehead atoms. The molecule has 10 heteroatoms. The number of aryl methyl sites for hydroxylation is 1. The van der Waals surface area contributed by atoms with Gasteiger partial charge in [-0.15, -0.1) is 0 Å². The van der Waals surface area contributed by atoms with Crippen LogP contribution in [0.2, 0.25) is 5.02 Å². The number of nitrogen functional groups attached to an aromatic ring is 1. The lowest BCUT2D eigenvalue weighted by Crippen LogP contribution is -2.20. The molecule has 0 saturated heterocycles. The lowest BCUT2D eigenvalue weighted by Gasteiger charge is -2.06. The average Bonchev–Trinajstić information content (AvgIpc) is 3.35. The molecule has 4 aromatic rings.